The van der Waals surface area contributed by atoms with Gasteiger partial charge in [-0.05, 0) is 12.1 Å². The molecule has 94 valence electrons. The number of rotatable bonds is 3. The fourth-order valence-electron chi connectivity index (χ4n) is 1.81. The van der Waals surface area contributed by atoms with Crippen LogP contribution in [0.5, 0.6) is 5.75 Å². The fourth-order valence-corrected chi connectivity index (χ4v) is 1.81. The van der Waals surface area contributed by atoms with Gasteiger partial charge < -0.3 is 14.8 Å². The number of nitrogens with one attached hydrogen (secondary N) is 1. The molecule has 1 heterocycles. The largest absolute Gasteiger partial charge is 0.489 e. The van der Waals surface area contributed by atoms with Gasteiger partial charge in [-0.25, -0.2) is 0 Å². The molecule has 17 heavy (non-hydrogen) atoms. The summed E-state index contributed by atoms with van der Waals surface area (Å²) in [6, 6.07) is 9.37. The highest BCUT2D eigenvalue weighted by Gasteiger charge is 2.31. The van der Waals surface area contributed by atoms with Crippen molar-refractivity contribution in [3.8, 4) is 5.75 Å². The van der Waals surface area contributed by atoms with Gasteiger partial charge in [0, 0.05) is 13.0 Å². The molecule has 2 atom stereocenters. The standard InChI is InChI=1S/C12H15NO3.ClH/c1-15-12(14)11-7-10(8-13-11)16-9-5-3-2-4-6-9;/h2-6,10-11,13H,7-8H2,1H3;1H/t10-,11+;/m1./s1. The molecule has 1 aromatic rings. The van der Waals surface area contributed by atoms with Crippen LogP contribution in [0.15, 0.2) is 30.3 Å². The smallest absolute Gasteiger partial charge is 0.323 e. The van der Waals surface area contributed by atoms with Crippen molar-refractivity contribution in [2.75, 3.05) is 13.7 Å². The van der Waals surface area contributed by atoms with Crippen LogP contribution in [0.3, 0.4) is 0 Å². The third-order valence-electron chi connectivity index (χ3n) is 2.62. The number of hydrogen-bond donors (Lipinski definition) is 1. The molecule has 2 rings (SSSR count). The van der Waals surface area contributed by atoms with E-state index in [1.807, 2.05) is 30.3 Å². The van der Waals surface area contributed by atoms with Crippen molar-refractivity contribution >= 4 is 18.4 Å². The Labute approximate surface area is 107 Å². The Kier molecular flexibility index (Phi) is 5.25. The maximum absolute atomic E-state index is 11.3. The Morgan fingerprint density at radius 1 is 1.35 bits per heavy atom. The second-order valence-electron chi connectivity index (χ2n) is 3.77. The van der Waals surface area contributed by atoms with E-state index in [1.54, 1.807) is 0 Å². The lowest BCUT2D eigenvalue weighted by atomic mass is 10.2. The lowest BCUT2D eigenvalue weighted by molar-refractivity contribution is -0.142. The molecule has 0 spiro atoms. The number of halogens is 1. The highest BCUT2D eigenvalue weighted by Crippen LogP contribution is 2.17. The predicted molar refractivity (Wildman–Crippen MR) is 66.5 cm³/mol. The van der Waals surface area contributed by atoms with E-state index in [0.717, 1.165) is 5.75 Å². The highest BCUT2D eigenvalue weighted by atomic mass is 35.5. The second-order valence-corrected chi connectivity index (χ2v) is 3.77. The summed E-state index contributed by atoms with van der Waals surface area (Å²) < 4.78 is 10.4. The van der Waals surface area contributed by atoms with Gasteiger partial charge in [-0.2, -0.15) is 0 Å². The van der Waals surface area contributed by atoms with Gasteiger partial charge in [0.1, 0.15) is 17.9 Å². The Hall–Kier alpha value is -1.26. The van der Waals surface area contributed by atoms with Gasteiger partial charge in [-0.3, -0.25) is 4.79 Å². The number of para-hydroxylation sites is 1. The average Bonchev–Trinajstić information content (AvgIpc) is 2.78. The first-order valence-corrected chi connectivity index (χ1v) is 5.32. The van der Waals surface area contributed by atoms with Gasteiger partial charge in [-0.1, -0.05) is 18.2 Å². The van der Waals surface area contributed by atoms with E-state index in [1.165, 1.54) is 7.11 Å². The summed E-state index contributed by atoms with van der Waals surface area (Å²) in [5.41, 5.74) is 0. The summed E-state index contributed by atoms with van der Waals surface area (Å²) in [5.74, 6) is 0.610. The first-order valence-electron chi connectivity index (χ1n) is 5.32. The molecule has 0 unspecified atom stereocenters. The summed E-state index contributed by atoms with van der Waals surface area (Å²) in [5, 5.41) is 3.08. The number of hydrogen-bond acceptors (Lipinski definition) is 4. The number of carbonyl (C=O) groups excluding carboxylic acids is 1. The van der Waals surface area contributed by atoms with E-state index in [9.17, 15) is 4.79 Å². The second kappa shape index (κ2) is 6.47. The molecule has 1 aromatic carbocycles. The van der Waals surface area contributed by atoms with E-state index in [4.69, 9.17) is 4.74 Å². The minimum Gasteiger partial charge on any atom is -0.489 e. The molecular formula is C12H16ClNO3. The maximum Gasteiger partial charge on any atom is 0.323 e. The van der Waals surface area contributed by atoms with E-state index >= 15 is 0 Å². The molecule has 1 aliphatic heterocycles. The zero-order valence-electron chi connectivity index (χ0n) is 9.59. The topological polar surface area (TPSA) is 47.6 Å². The number of benzene rings is 1. The molecular weight excluding hydrogens is 242 g/mol. The summed E-state index contributed by atoms with van der Waals surface area (Å²) in [4.78, 5) is 11.3. The van der Waals surface area contributed by atoms with Gasteiger partial charge >= 0.3 is 5.97 Å². The first-order chi connectivity index (χ1) is 7.79. The summed E-state index contributed by atoms with van der Waals surface area (Å²) in [6.45, 7) is 0.675. The number of methoxy groups -OCH3 is 1. The van der Waals surface area contributed by atoms with Crippen LogP contribution in [0.4, 0.5) is 0 Å². The Morgan fingerprint density at radius 2 is 2.06 bits per heavy atom. The van der Waals surface area contributed by atoms with Gasteiger partial charge in [-0.15, -0.1) is 12.4 Å². The Bertz CT molecular complexity index is 358. The predicted octanol–water partition coefficient (Wildman–Crippen LogP) is 1.39. The molecule has 1 fully saturated rings. The zero-order chi connectivity index (χ0) is 11.4. The van der Waals surface area contributed by atoms with E-state index in [2.05, 4.69) is 10.1 Å². The van der Waals surface area contributed by atoms with Crippen LogP contribution >= 0.6 is 12.4 Å². The van der Waals surface area contributed by atoms with Crippen LogP contribution in [-0.4, -0.2) is 31.8 Å². The van der Waals surface area contributed by atoms with Crippen LogP contribution in [0.1, 0.15) is 6.42 Å². The summed E-state index contributed by atoms with van der Waals surface area (Å²) in [6.07, 6.45) is 0.688. The number of ether oxygens (including phenoxy) is 2. The van der Waals surface area contributed by atoms with Gasteiger partial charge in [0.2, 0.25) is 0 Å². The molecule has 1 aliphatic rings. The summed E-state index contributed by atoms with van der Waals surface area (Å²) in [7, 11) is 1.40. The molecule has 0 aliphatic carbocycles. The molecule has 1 saturated heterocycles. The maximum atomic E-state index is 11.3. The molecule has 4 nitrogen and oxygen atoms in total. The normalized spacial score (nSPS) is 22.6. The van der Waals surface area contributed by atoms with Gasteiger partial charge in [0.15, 0.2) is 0 Å². The van der Waals surface area contributed by atoms with Crippen molar-refractivity contribution in [3.63, 3.8) is 0 Å². The summed E-state index contributed by atoms with van der Waals surface area (Å²) >= 11 is 0. The van der Waals surface area contributed by atoms with E-state index < -0.39 is 0 Å². The Morgan fingerprint density at radius 3 is 2.71 bits per heavy atom. The monoisotopic (exact) mass is 257 g/mol. The van der Waals surface area contributed by atoms with Crippen molar-refractivity contribution in [1.82, 2.24) is 5.32 Å². The third kappa shape index (κ3) is 3.61. The quantitative estimate of drug-likeness (QED) is 0.832. The third-order valence-corrected chi connectivity index (χ3v) is 2.62. The lowest BCUT2D eigenvalue weighted by Gasteiger charge is -2.12. The van der Waals surface area contributed by atoms with Crippen molar-refractivity contribution in [1.29, 1.82) is 0 Å². The van der Waals surface area contributed by atoms with E-state index in [0.29, 0.717) is 13.0 Å². The van der Waals surface area contributed by atoms with Crippen LogP contribution < -0.4 is 10.1 Å². The number of esters is 1. The molecule has 0 saturated carbocycles. The lowest BCUT2D eigenvalue weighted by Crippen LogP contribution is -2.31. The van der Waals surface area contributed by atoms with Crippen LogP contribution in [-0.2, 0) is 9.53 Å². The molecule has 0 radical (unpaired) electrons. The number of carbonyl (C=O) groups is 1. The average molecular weight is 258 g/mol. The van der Waals surface area contributed by atoms with Crippen LogP contribution in [0.25, 0.3) is 0 Å². The molecule has 0 amide bonds. The minimum absolute atomic E-state index is 0. The highest BCUT2D eigenvalue weighted by molar-refractivity contribution is 5.85. The first kappa shape index (κ1) is 13.8. The zero-order valence-corrected chi connectivity index (χ0v) is 10.4. The van der Waals surface area contributed by atoms with Crippen LogP contribution in [0, 0.1) is 0 Å². The van der Waals surface area contributed by atoms with Gasteiger partial charge in [0.05, 0.1) is 7.11 Å². The van der Waals surface area contributed by atoms with Crippen molar-refractivity contribution < 1.29 is 14.3 Å². The van der Waals surface area contributed by atoms with Crippen molar-refractivity contribution in [3.05, 3.63) is 30.3 Å². The molecule has 1 N–H and O–H groups in total. The van der Waals surface area contributed by atoms with Gasteiger partial charge in [0.25, 0.3) is 0 Å². The van der Waals surface area contributed by atoms with Crippen LogP contribution in [0.2, 0.25) is 0 Å². The Balaban J connectivity index is 0.00000144. The minimum atomic E-state index is -0.237. The fraction of sp³-hybridized carbons (Fsp3) is 0.417. The SMILES string of the molecule is COC(=O)[C@@H]1C[C@@H](Oc2ccccc2)CN1.Cl. The van der Waals surface area contributed by atoms with Crippen molar-refractivity contribution in [2.24, 2.45) is 0 Å². The molecule has 0 aromatic heterocycles. The molecule has 0 bridgehead atoms. The van der Waals surface area contributed by atoms with Crippen molar-refractivity contribution in [2.45, 2.75) is 18.6 Å². The molecule has 5 heteroatoms. The van der Waals surface area contributed by atoms with E-state index in [-0.39, 0.29) is 30.5 Å².